The van der Waals surface area contributed by atoms with Crippen LogP contribution in [-0.2, 0) is 9.53 Å². The number of hydrogen-bond donors (Lipinski definition) is 0. The van der Waals surface area contributed by atoms with Gasteiger partial charge in [0.1, 0.15) is 11.9 Å². The molecule has 1 heterocycles. The predicted molar refractivity (Wildman–Crippen MR) is 79.8 cm³/mol. The summed E-state index contributed by atoms with van der Waals surface area (Å²) in [6, 6.07) is 4.60. The molecule has 0 bridgehead atoms. The second-order valence-corrected chi connectivity index (χ2v) is 6.30. The first-order valence-corrected chi connectivity index (χ1v) is 7.06. The zero-order chi connectivity index (χ0) is 16.7. The van der Waals surface area contributed by atoms with Gasteiger partial charge in [0.15, 0.2) is 0 Å². The summed E-state index contributed by atoms with van der Waals surface area (Å²) in [5.41, 5.74) is 1.17. The van der Waals surface area contributed by atoms with E-state index in [0.717, 1.165) is 0 Å². The molecule has 0 amide bonds. The quantitative estimate of drug-likeness (QED) is 0.874. The first-order valence-electron chi connectivity index (χ1n) is 7.06. The summed E-state index contributed by atoms with van der Waals surface area (Å²) < 4.78 is 19.7. The zero-order valence-corrected chi connectivity index (χ0v) is 13.4. The fourth-order valence-electron chi connectivity index (χ4n) is 2.59. The molecule has 0 radical (unpaired) electrons. The molecule has 2 aromatic rings. The van der Waals surface area contributed by atoms with Crippen molar-refractivity contribution in [2.45, 2.75) is 46.3 Å². The number of hydrogen-bond acceptors (Lipinski definition) is 4. The molecular weight excluding hydrogens is 285 g/mol. The third-order valence-corrected chi connectivity index (χ3v) is 3.40. The Hall–Kier alpha value is -2.01. The van der Waals surface area contributed by atoms with Gasteiger partial charge in [0.05, 0.1) is 17.1 Å². The van der Waals surface area contributed by atoms with E-state index in [1.165, 1.54) is 6.07 Å². The number of rotatable bonds is 3. The van der Waals surface area contributed by atoms with Crippen molar-refractivity contribution in [2.24, 2.45) is 0 Å². The molecule has 22 heavy (non-hydrogen) atoms. The van der Waals surface area contributed by atoms with Crippen molar-refractivity contribution >= 4 is 16.9 Å². The Bertz CT molecular complexity index is 735. The second-order valence-electron chi connectivity index (χ2n) is 6.30. The Morgan fingerprint density at radius 1 is 1.32 bits per heavy atom. The topological polar surface area (TPSA) is 62.2 Å². The molecule has 5 heteroatoms. The number of benzene rings is 1. The van der Waals surface area contributed by atoms with E-state index in [1.54, 1.807) is 46.8 Å². The van der Waals surface area contributed by atoms with Gasteiger partial charge in [-0.2, -0.15) is 0 Å². The summed E-state index contributed by atoms with van der Waals surface area (Å²) in [4.78, 5) is 15.9. The Kier molecular flexibility index (Phi) is 4.20. The third kappa shape index (κ3) is 3.09. The fourth-order valence-corrected chi connectivity index (χ4v) is 2.59. The van der Waals surface area contributed by atoms with Crippen LogP contribution in [0.2, 0.25) is 0 Å². The lowest BCUT2D eigenvalue weighted by molar-refractivity contribution is -0.321. The van der Waals surface area contributed by atoms with Gasteiger partial charge < -0.3 is 14.6 Å². The number of carboxylic acids is 1. The maximum absolute atomic E-state index is 14.1. The second kappa shape index (κ2) is 5.65. The van der Waals surface area contributed by atoms with E-state index >= 15 is 0 Å². The molecule has 1 aromatic heterocycles. The summed E-state index contributed by atoms with van der Waals surface area (Å²) in [6.07, 6.45) is -1.29. The van der Waals surface area contributed by atoms with E-state index in [4.69, 9.17) is 4.74 Å². The van der Waals surface area contributed by atoms with Gasteiger partial charge in [-0.1, -0.05) is 6.07 Å². The maximum atomic E-state index is 14.1. The molecule has 2 rings (SSSR count). The minimum absolute atomic E-state index is 0.312. The van der Waals surface area contributed by atoms with Crippen molar-refractivity contribution < 1.29 is 19.0 Å². The zero-order valence-electron chi connectivity index (χ0n) is 13.4. The normalized spacial score (nSPS) is 13.4. The molecule has 0 fully saturated rings. The maximum Gasteiger partial charge on any atom is 0.132 e. The number of pyridine rings is 1. The number of nitrogens with zero attached hydrogens (tertiary/aromatic N) is 1. The highest BCUT2D eigenvalue weighted by Gasteiger charge is 2.26. The van der Waals surface area contributed by atoms with Crippen LogP contribution in [0.1, 0.15) is 43.7 Å². The minimum atomic E-state index is -1.36. The molecule has 4 nitrogen and oxygen atoms in total. The Balaban J connectivity index is 2.72. The summed E-state index contributed by atoms with van der Waals surface area (Å²) in [5.74, 6) is -1.80. The highest BCUT2D eigenvalue weighted by molar-refractivity contribution is 5.86. The molecule has 1 unspecified atom stereocenters. The standard InChI is InChI=1S/C17H20FNO3/c1-9-13(15(16(20)21)22-17(3,4)5)10(2)19-12-8-6-7-11(18)14(9)12/h6-8,15H,1-5H3,(H,20,21)/p-1. The highest BCUT2D eigenvalue weighted by Crippen LogP contribution is 2.32. The van der Waals surface area contributed by atoms with Crippen molar-refractivity contribution in [3.05, 3.63) is 40.8 Å². The summed E-state index contributed by atoms with van der Waals surface area (Å²) in [5, 5.41) is 11.9. The number of aliphatic carboxylic acids is 1. The highest BCUT2D eigenvalue weighted by atomic mass is 19.1. The van der Waals surface area contributed by atoms with Gasteiger partial charge in [-0.25, -0.2) is 4.39 Å². The van der Waals surface area contributed by atoms with Crippen LogP contribution in [0.3, 0.4) is 0 Å². The summed E-state index contributed by atoms with van der Waals surface area (Å²) in [7, 11) is 0. The van der Waals surface area contributed by atoms with Crippen LogP contribution in [0.15, 0.2) is 18.2 Å². The van der Waals surface area contributed by atoms with Gasteiger partial charge in [-0.3, -0.25) is 4.98 Å². The van der Waals surface area contributed by atoms with Crippen molar-refractivity contribution in [3.8, 4) is 0 Å². The molecule has 0 aliphatic rings. The number of halogens is 1. The van der Waals surface area contributed by atoms with Crippen LogP contribution < -0.4 is 5.11 Å². The Morgan fingerprint density at radius 2 is 1.95 bits per heavy atom. The van der Waals surface area contributed by atoms with Gasteiger partial charge >= 0.3 is 0 Å². The number of carboxylic acid groups (broad SMARTS) is 1. The van der Waals surface area contributed by atoms with E-state index in [-0.39, 0.29) is 0 Å². The minimum Gasteiger partial charge on any atom is -0.547 e. The lowest BCUT2D eigenvalue weighted by Crippen LogP contribution is -2.37. The van der Waals surface area contributed by atoms with E-state index in [9.17, 15) is 14.3 Å². The molecule has 0 saturated heterocycles. The van der Waals surface area contributed by atoms with E-state index in [0.29, 0.717) is 27.7 Å². The van der Waals surface area contributed by atoms with Crippen molar-refractivity contribution in [2.75, 3.05) is 0 Å². The van der Waals surface area contributed by atoms with Crippen LogP contribution >= 0.6 is 0 Å². The molecule has 0 saturated carbocycles. The fraction of sp³-hybridized carbons (Fsp3) is 0.412. The number of carbonyl (C=O) groups is 1. The van der Waals surface area contributed by atoms with Crippen LogP contribution in [0.5, 0.6) is 0 Å². The lowest BCUT2D eigenvalue weighted by Gasteiger charge is -2.30. The number of carbonyl (C=O) groups excluding carboxylic acids is 1. The average Bonchev–Trinajstić information content (AvgIpc) is 2.35. The van der Waals surface area contributed by atoms with E-state index in [2.05, 4.69) is 4.98 Å². The van der Waals surface area contributed by atoms with Gasteiger partial charge in [0.25, 0.3) is 0 Å². The van der Waals surface area contributed by atoms with E-state index < -0.39 is 23.5 Å². The Labute approximate surface area is 128 Å². The van der Waals surface area contributed by atoms with Crippen molar-refractivity contribution in [1.29, 1.82) is 0 Å². The van der Waals surface area contributed by atoms with Crippen LogP contribution in [-0.4, -0.2) is 16.6 Å². The monoisotopic (exact) mass is 304 g/mol. The number of aryl methyl sites for hydroxylation is 2. The van der Waals surface area contributed by atoms with Gasteiger partial charge in [-0.05, 0) is 52.3 Å². The SMILES string of the molecule is Cc1nc2cccc(F)c2c(C)c1C(OC(C)(C)C)C(=O)[O-]. The molecule has 0 aliphatic carbocycles. The van der Waals surface area contributed by atoms with Gasteiger partial charge in [-0.15, -0.1) is 0 Å². The molecule has 1 aromatic carbocycles. The first-order chi connectivity index (χ1) is 10.1. The van der Waals surface area contributed by atoms with Gasteiger partial charge in [0.2, 0.25) is 0 Å². The van der Waals surface area contributed by atoms with Gasteiger partial charge in [0, 0.05) is 16.6 Å². The Morgan fingerprint density at radius 3 is 2.50 bits per heavy atom. The smallest absolute Gasteiger partial charge is 0.132 e. The molecule has 0 aliphatic heterocycles. The third-order valence-electron chi connectivity index (χ3n) is 3.40. The van der Waals surface area contributed by atoms with Crippen molar-refractivity contribution in [1.82, 2.24) is 4.98 Å². The lowest BCUT2D eigenvalue weighted by atomic mass is 9.96. The number of fused-ring (bicyclic) bond motifs is 1. The molecule has 118 valence electrons. The predicted octanol–water partition coefficient (Wildman–Crippen LogP) is 2.60. The summed E-state index contributed by atoms with van der Waals surface area (Å²) in [6.45, 7) is 8.63. The van der Waals surface area contributed by atoms with Crippen LogP contribution in [0.25, 0.3) is 10.9 Å². The van der Waals surface area contributed by atoms with Crippen LogP contribution in [0, 0.1) is 19.7 Å². The number of aromatic nitrogens is 1. The molecular formula is C17H19FNO3-. The molecule has 0 N–H and O–H groups in total. The first kappa shape index (κ1) is 16.4. The molecule has 0 spiro atoms. The largest absolute Gasteiger partial charge is 0.547 e. The van der Waals surface area contributed by atoms with Crippen LogP contribution in [0.4, 0.5) is 4.39 Å². The molecule has 1 atom stereocenters. The van der Waals surface area contributed by atoms with E-state index in [1.807, 2.05) is 0 Å². The van der Waals surface area contributed by atoms with Crippen molar-refractivity contribution in [3.63, 3.8) is 0 Å². The average molecular weight is 304 g/mol. The summed E-state index contributed by atoms with van der Waals surface area (Å²) >= 11 is 0. The number of ether oxygens (including phenoxy) is 1.